The van der Waals surface area contributed by atoms with E-state index in [1.54, 1.807) is 0 Å². The van der Waals surface area contributed by atoms with E-state index >= 15 is 0 Å². The predicted octanol–water partition coefficient (Wildman–Crippen LogP) is 2.60. The summed E-state index contributed by atoms with van der Waals surface area (Å²) in [6.45, 7) is 7.36. The van der Waals surface area contributed by atoms with Gasteiger partial charge in [0.1, 0.15) is 31.9 Å². The molecule has 1 atom stereocenters. The molecule has 0 fully saturated rings. The number of nitrogens with two attached hydrogens (primary N) is 1. The summed E-state index contributed by atoms with van der Waals surface area (Å²) in [5.41, 5.74) is 9.13. The van der Waals surface area contributed by atoms with Crippen molar-refractivity contribution < 1.29 is 18.8 Å². The van der Waals surface area contributed by atoms with Gasteiger partial charge in [0.15, 0.2) is 0 Å². The van der Waals surface area contributed by atoms with Crippen molar-refractivity contribution in [3.63, 3.8) is 0 Å². The van der Waals surface area contributed by atoms with E-state index in [1.165, 1.54) is 0 Å². The molecule has 2 N–H and O–H groups in total. The van der Waals surface area contributed by atoms with Crippen molar-refractivity contribution in [1.82, 2.24) is 5.16 Å². The van der Waals surface area contributed by atoms with Gasteiger partial charge in [-0.05, 0) is 17.5 Å². The van der Waals surface area contributed by atoms with Gasteiger partial charge in [-0.25, -0.2) is 4.79 Å². The summed E-state index contributed by atoms with van der Waals surface area (Å²) in [5.74, 6) is 0. The highest BCUT2D eigenvalue weighted by Crippen LogP contribution is 2.34. The second-order valence-electron chi connectivity index (χ2n) is 6.94. The molecule has 2 heterocycles. The molecule has 24 heavy (non-hydrogen) atoms. The van der Waals surface area contributed by atoms with Crippen LogP contribution in [0, 0.1) is 0 Å². The first-order valence-electron chi connectivity index (χ1n) is 7.99. The molecule has 0 spiro atoms. The van der Waals surface area contributed by atoms with E-state index in [9.17, 15) is 4.79 Å². The normalized spacial score (nSPS) is 17.4. The van der Waals surface area contributed by atoms with Crippen molar-refractivity contribution in [2.75, 3.05) is 13.2 Å². The number of nitrogens with zero attached hydrogens (tertiary/aromatic N) is 1. The lowest BCUT2D eigenvalue weighted by molar-refractivity contribution is -0.00209. The van der Waals surface area contributed by atoms with Crippen LogP contribution in [0.1, 0.15) is 17.2 Å². The quantitative estimate of drug-likeness (QED) is 0.860. The fourth-order valence-corrected chi connectivity index (χ4v) is 3.76. The van der Waals surface area contributed by atoms with Crippen LogP contribution < -0.4 is 11.1 Å². The van der Waals surface area contributed by atoms with E-state index in [0.29, 0.717) is 6.61 Å². The number of hydrogen-bond donors (Lipinski definition) is 1. The van der Waals surface area contributed by atoms with Crippen molar-refractivity contribution >= 4 is 19.6 Å². The lowest BCUT2D eigenvalue weighted by atomic mass is 9.92. The monoisotopic (exact) mass is 346 g/mol. The van der Waals surface area contributed by atoms with E-state index in [-0.39, 0.29) is 12.7 Å². The van der Waals surface area contributed by atoms with Gasteiger partial charge in [0.05, 0.1) is 6.61 Å². The van der Waals surface area contributed by atoms with Crippen molar-refractivity contribution in [3.05, 3.63) is 35.4 Å². The molecule has 1 unspecified atom stereocenters. The van der Waals surface area contributed by atoms with E-state index < -0.39 is 14.2 Å². The number of carbonyl (C=O) groups excluding carboxylic acids is 1. The summed E-state index contributed by atoms with van der Waals surface area (Å²) < 4.78 is 16.2. The Hall–Kier alpha value is -2.12. The van der Waals surface area contributed by atoms with Crippen LogP contribution in [0.25, 0.3) is 11.3 Å². The number of hydrogen-bond acceptors (Lipinski definition) is 5. The number of benzene rings is 1. The van der Waals surface area contributed by atoms with Crippen molar-refractivity contribution in [1.29, 1.82) is 0 Å². The van der Waals surface area contributed by atoms with Gasteiger partial charge in [-0.2, -0.15) is 0 Å². The minimum atomic E-state index is -1.54. The molecule has 3 rings (SSSR count). The third-order valence-electron chi connectivity index (χ3n) is 4.13. The Morgan fingerprint density at radius 1 is 1.42 bits per heavy atom. The Bertz CT molecular complexity index is 751. The third kappa shape index (κ3) is 3.37. The van der Waals surface area contributed by atoms with Gasteiger partial charge in [-0.15, -0.1) is 0 Å². The van der Waals surface area contributed by atoms with Crippen LogP contribution in [0.4, 0.5) is 4.79 Å². The Kier molecular flexibility index (Phi) is 4.47. The number of aromatic nitrogens is 1. The average Bonchev–Trinajstić information content (AvgIpc) is 3.02. The maximum Gasteiger partial charge on any atom is 0.404 e. The van der Waals surface area contributed by atoms with Crippen LogP contribution in [0.5, 0.6) is 0 Å². The maximum atomic E-state index is 10.9. The molecule has 2 aromatic rings. The smallest absolute Gasteiger partial charge is 0.404 e. The van der Waals surface area contributed by atoms with Crippen LogP contribution in [0.3, 0.4) is 0 Å². The van der Waals surface area contributed by atoms with Crippen LogP contribution in [-0.4, -0.2) is 32.5 Å². The first kappa shape index (κ1) is 16.7. The Morgan fingerprint density at radius 2 is 2.21 bits per heavy atom. The molecule has 1 aromatic heterocycles. The maximum absolute atomic E-state index is 10.9. The molecule has 1 aliphatic rings. The lowest BCUT2D eigenvalue weighted by Gasteiger charge is -2.27. The second kappa shape index (κ2) is 6.41. The first-order chi connectivity index (χ1) is 11.4. The highest BCUT2D eigenvalue weighted by Gasteiger charge is 2.27. The van der Waals surface area contributed by atoms with Crippen LogP contribution in [0.15, 0.2) is 28.8 Å². The fourth-order valence-electron chi connectivity index (χ4n) is 2.87. The van der Waals surface area contributed by atoms with E-state index in [1.807, 2.05) is 24.3 Å². The molecule has 6 nitrogen and oxygen atoms in total. The van der Waals surface area contributed by atoms with Gasteiger partial charge in [0, 0.05) is 11.6 Å². The third-order valence-corrected chi connectivity index (χ3v) is 5.85. The van der Waals surface area contributed by atoms with Gasteiger partial charge < -0.3 is 19.7 Å². The molecule has 0 radical (unpaired) electrons. The predicted molar refractivity (Wildman–Crippen MR) is 92.9 cm³/mol. The lowest BCUT2D eigenvalue weighted by Crippen LogP contribution is -2.36. The molecule has 128 valence electrons. The molecule has 0 saturated carbocycles. The van der Waals surface area contributed by atoms with Crippen molar-refractivity contribution in [3.8, 4) is 11.3 Å². The number of fused-ring (bicyclic) bond motifs is 1. The minimum absolute atomic E-state index is 0.116. The average molecular weight is 346 g/mol. The summed E-state index contributed by atoms with van der Waals surface area (Å²) >= 11 is 0. The second-order valence-corrected chi connectivity index (χ2v) is 11.9. The van der Waals surface area contributed by atoms with Gasteiger partial charge >= 0.3 is 6.09 Å². The number of carbonyl (C=O) groups is 1. The molecule has 0 saturated heterocycles. The Morgan fingerprint density at radius 3 is 2.88 bits per heavy atom. The molecule has 0 bridgehead atoms. The van der Waals surface area contributed by atoms with Gasteiger partial charge in [0.2, 0.25) is 0 Å². The number of amides is 1. The summed E-state index contributed by atoms with van der Waals surface area (Å²) in [7, 11) is -1.54. The Labute approximate surface area is 141 Å². The standard InChI is InChI=1S/C17H22N2O4Si/c1-24(2,3)16-9-14(19-23-16)12-5-4-6-13-11(12)7-8-21-15(13)10-22-17(18)20/h4-6,9,15H,7-8,10H2,1-3H3,(H2,18,20). The molecule has 0 aliphatic carbocycles. The zero-order valence-corrected chi connectivity index (χ0v) is 15.2. The summed E-state index contributed by atoms with van der Waals surface area (Å²) in [6.07, 6.45) is -0.309. The summed E-state index contributed by atoms with van der Waals surface area (Å²) in [6, 6.07) is 8.05. The zero-order chi connectivity index (χ0) is 17.3. The van der Waals surface area contributed by atoms with Crippen molar-refractivity contribution in [2.45, 2.75) is 32.2 Å². The zero-order valence-electron chi connectivity index (χ0n) is 14.2. The van der Waals surface area contributed by atoms with Crippen LogP contribution in [0.2, 0.25) is 19.6 Å². The van der Waals surface area contributed by atoms with Crippen LogP contribution in [-0.2, 0) is 15.9 Å². The first-order valence-corrected chi connectivity index (χ1v) is 11.5. The topological polar surface area (TPSA) is 87.6 Å². The van der Waals surface area contributed by atoms with E-state index in [2.05, 4.69) is 24.8 Å². The summed E-state index contributed by atoms with van der Waals surface area (Å²) in [5, 5.41) is 5.26. The molecular formula is C17H22N2O4Si. The molecule has 1 amide bonds. The highest BCUT2D eigenvalue weighted by molar-refractivity contribution is 6.87. The van der Waals surface area contributed by atoms with E-state index in [0.717, 1.165) is 34.2 Å². The Balaban J connectivity index is 1.95. The SMILES string of the molecule is C[Si](C)(C)c1cc(-c2cccc3c2CCOC3COC(N)=O)no1. The van der Waals surface area contributed by atoms with Gasteiger partial charge in [-0.1, -0.05) is 43.0 Å². The molecule has 1 aliphatic heterocycles. The highest BCUT2D eigenvalue weighted by atomic mass is 28.3. The van der Waals surface area contributed by atoms with Crippen molar-refractivity contribution in [2.24, 2.45) is 5.73 Å². The number of ether oxygens (including phenoxy) is 2. The fraction of sp³-hybridized carbons (Fsp3) is 0.412. The molecule has 1 aromatic carbocycles. The largest absolute Gasteiger partial charge is 0.447 e. The van der Waals surface area contributed by atoms with Gasteiger partial charge in [0.25, 0.3) is 0 Å². The molecule has 7 heteroatoms. The minimum Gasteiger partial charge on any atom is -0.447 e. The number of primary amides is 1. The summed E-state index contributed by atoms with van der Waals surface area (Å²) in [4.78, 5) is 10.9. The number of rotatable bonds is 4. The van der Waals surface area contributed by atoms with Gasteiger partial charge in [-0.3, -0.25) is 0 Å². The molecular weight excluding hydrogens is 324 g/mol. The van der Waals surface area contributed by atoms with E-state index in [4.69, 9.17) is 19.7 Å². The van der Waals surface area contributed by atoms with Crippen LogP contribution >= 0.6 is 0 Å².